The molecule has 0 radical (unpaired) electrons. The average molecular weight is 282 g/mol. The summed E-state index contributed by atoms with van der Waals surface area (Å²) in [6.07, 6.45) is 0.959. The Morgan fingerprint density at radius 2 is 1.95 bits per heavy atom. The molecule has 0 bridgehead atoms. The van der Waals surface area contributed by atoms with Gasteiger partial charge in [-0.3, -0.25) is 4.79 Å². The summed E-state index contributed by atoms with van der Waals surface area (Å²) in [4.78, 5) is 18.6. The average Bonchev–Trinajstić information content (AvgIpc) is 2.33. The standard InChI is InChI=1S/C14H19N3O.ClH/c1-11-14(18)17(10-6-9-16(2)3)13-8-5-4-7-12(13)15-11;/h4-5,7-8H,6,9-10H2,1-3H3;1H. The lowest BCUT2D eigenvalue weighted by Gasteiger charge is -2.13. The van der Waals surface area contributed by atoms with E-state index in [2.05, 4.69) is 9.88 Å². The molecule has 2 aromatic rings. The van der Waals surface area contributed by atoms with E-state index in [1.807, 2.05) is 42.9 Å². The Morgan fingerprint density at radius 1 is 1.26 bits per heavy atom. The lowest BCUT2D eigenvalue weighted by molar-refractivity contribution is 0.386. The molecule has 5 heteroatoms. The van der Waals surface area contributed by atoms with Gasteiger partial charge in [0, 0.05) is 6.54 Å². The van der Waals surface area contributed by atoms with Crippen molar-refractivity contribution in [1.29, 1.82) is 0 Å². The molecule has 0 spiro atoms. The van der Waals surface area contributed by atoms with E-state index < -0.39 is 0 Å². The SMILES string of the molecule is Cc1nc2ccccc2n(CCCN(C)C)c1=O.Cl. The molecule has 0 aliphatic heterocycles. The number of aryl methyl sites for hydroxylation is 2. The van der Waals surface area contributed by atoms with Gasteiger partial charge in [0.15, 0.2) is 0 Å². The number of para-hydroxylation sites is 2. The second-order valence-corrected chi connectivity index (χ2v) is 4.80. The highest BCUT2D eigenvalue weighted by atomic mass is 35.5. The second-order valence-electron chi connectivity index (χ2n) is 4.80. The van der Waals surface area contributed by atoms with Gasteiger partial charge >= 0.3 is 0 Å². The number of rotatable bonds is 4. The summed E-state index contributed by atoms with van der Waals surface area (Å²) in [5, 5.41) is 0. The number of halogens is 1. The highest BCUT2D eigenvalue weighted by Gasteiger charge is 2.07. The first-order valence-corrected chi connectivity index (χ1v) is 6.20. The van der Waals surface area contributed by atoms with E-state index in [0.29, 0.717) is 5.69 Å². The van der Waals surface area contributed by atoms with Gasteiger partial charge in [-0.05, 0) is 46.1 Å². The van der Waals surface area contributed by atoms with Crippen molar-refractivity contribution in [1.82, 2.24) is 14.5 Å². The van der Waals surface area contributed by atoms with Gasteiger partial charge in [-0.25, -0.2) is 4.98 Å². The van der Waals surface area contributed by atoms with Crippen LogP contribution in [0.25, 0.3) is 11.0 Å². The normalized spacial score (nSPS) is 10.7. The van der Waals surface area contributed by atoms with Crippen LogP contribution < -0.4 is 5.56 Å². The lowest BCUT2D eigenvalue weighted by atomic mass is 10.2. The van der Waals surface area contributed by atoms with Gasteiger partial charge in [-0.15, -0.1) is 12.4 Å². The van der Waals surface area contributed by atoms with Crippen molar-refractivity contribution in [3.8, 4) is 0 Å². The van der Waals surface area contributed by atoms with Crippen molar-refractivity contribution in [3.63, 3.8) is 0 Å². The van der Waals surface area contributed by atoms with Crippen molar-refractivity contribution in [2.24, 2.45) is 0 Å². The second kappa shape index (κ2) is 6.68. The predicted molar refractivity (Wildman–Crippen MR) is 81.2 cm³/mol. The number of benzene rings is 1. The van der Waals surface area contributed by atoms with Crippen molar-refractivity contribution in [2.45, 2.75) is 19.9 Å². The lowest BCUT2D eigenvalue weighted by Crippen LogP contribution is -2.26. The molecule has 0 saturated heterocycles. The molecule has 0 aliphatic rings. The smallest absolute Gasteiger partial charge is 0.272 e. The Kier molecular flexibility index (Phi) is 5.51. The van der Waals surface area contributed by atoms with Crippen LogP contribution in [0.5, 0.6) is 0 Å². The molecule has 0 N–H and O–H groups in total. The number of hydrogen-bond donors (Lipinski definition) is 0. The van der Waals surface area contributed by atoms with Crippen LogP contribution in [0.2, 0.25) is 0 Å². The zero-order valence-corrected chi connectivity index (χ0v) is 12.4. The van der Waals surface area contributed by atoms with Gasteiger partial charge in [-0.1, -0.05) is 12.1 Å². The van der Waals surface area contributed by atoms with Crippen molar-refractivity contribution >= 4 is 23.4 Å². The Bertz CT molecular complexity index is 607. The molecule has 0 fully saturated rings. The van der Waals surface area contributed by atoms with Crippen LogP contribution in [0.4, 0.5) is 0 Å². The number of aromatic nitrogens is 2. The summed E-state index contributed by atoms with van der Waals surface area (Å²) in [5.41, 5.74) is 2.40. The largest absolute Gasteiger partial charge is 0.309 e. The first kappa shape index (κ1) is 15.7. The van der Waals surface area contributed by atoms with E-state index in [9.17, 15) is 4.79 Å². The van der Waals surface area contributed by atoms with Gasteiger partial charge in [0.05, 0.1) is 11.0 Å². The minimum absolute atomic E-state index is 0. The Balaban J connectivity index is 0.00000180. The fourth-order valence-electron chi connectivity index (χ4n) is 2.09. The van der Waals surface area contributed by atoms with Crippen LogP contribution in [-0.4, -0.2) is 35.1 Å². The maximum absolute atomic E-state index is 12.1. The van der Waals surface area contributed by atoms with E-state index >= 15 is 0 Å². The third kappa shape index (κ3) is 3.55. The Morgan fingerprint density at radius 3 is 2.63 bits per heavy atom. The third-order valence-electron chi connectivity index (χ3n) is 3.00. The fraction of sp³-hybridized carbons (Fsp3) is 0.429. The van der Waals surface area contributed by atoms with E-state index in [-0.39, 0.29) is 18.0 Å². The van der Waals surface area contributed by atoms with E-state index in [4.69, 9.17) is 0 Å². The minimum atomic E-state index is 0. The molecule has 0 aliphatic carbocycles. The molecule has 1 aromatic carbocycles. The summed E-state index contributed by atoms with van der Waals surface area (Å²) in [5.74, 6) is 0. The zero-order valence-electron chi connectivity index (χ0n) is 11.6. The minimum Gasteiger partial charge on any atom is -0.309 e. The number of nitrogens with zero attached hydrogens (tertiary/aromatic N) is 3. The molecule has 0 atom stereocenters. The highest BCUT2D eigenvalue weighted by molar-refractivity contribution is 5.85. The van der Waals surface area contributed by atoms with Crippen LogP contribution in [-0.2, 0) is 6.54 Å². The number of hydrogen-bond acceptors (Lipinski definition) is 3. The van der Waals surface area contributed by atoms with Crippen LogP contribution >= 0.6 is 12.4 Å². The maximum atomic E-state index is 12.1. The van der Waals surface area contributed by atoms with Crippen molar-refractivity contribution in [3.05, 3.63) is 40.3 Å². The van der Waals surface area contributed by atoms with Gasteiger partial charge in [0.25, 0.3) is 5.56 Å². The van der Waals surface area contributed by atoms with Gasteiger partial charge < -0.3 is 9.47 Å². The van der Waals surface area contributed by atoms with Crippen LogP contribution in [0.15, 0.2) is 29.1 Å². The van der Waals surface area contributed by atoms with Gasteiger partial charge in [-0.2, -0.15) is 0 Å². The monoisotopic (exact) mass is 281 g/mol. The molecular weight excluding hydrogens is 262 g/mol. The van der Waals surface area contributed by atoms with Crippen LogP contribution in [0.1, 0.15) is 12.1 Å². The fourth-order valence-corrected chi connectivity index (χ4v) is 2.09. The summed E-state index contributed by atoms with van der Waals surface area (Å²) < 4.78 is 1.83. The predicted octanol–water partition coefficient (Wildman–Crippen LogP) is 2.08. The molecule has 4 nitrogen and oxygen atoms in total. The zero-order chi connectivity index (χ0) is 13.1. The quantitative estimate of drug-likeness (QED) is 0.861. The van der Waals surface area contributed by atoms with Crippen molar-refractivity contribution < 1.29 is 0 Å². The van der Waals surface area contributed by atoms with E-state index in [0.717, 1.165) is 30.5 Å². The summed E-state index contributed by atoms with van der Waals surface area (Å²) in [7, 11) is 4.08. The van der Waals surface area contributed by atoms with Crippen molar-refractivity contribution in [2.75, 3.05) is 20.6 Å². The van der Waals surface area contributed by atoms with Crippen LogP contribution in [0.3, 0.4) is 0 Å². The first-order chi connectivity index (χ1) is 8.59. The van der Waals surface area contributed by atoms with Crippen LogP contribution in [0, 0.1) is 6.92 Å². The summed E-state index contributed by atoms with van der Waals surface area (Å²) in [6, 6.07) is 7.80. The molecule has 0 saturated carbocycles. The van der Waals surface area contributed by atoms with Gasteiger partial charge in [0.1, 0.15) is 5.69 Å². The summed E-state index contributed by atoms with van der Waals surface area (Å²) in [6.45, 7) is 3.49. The van der Waals surface area contributed by atoms with E-state index in [1.165, 1.54) is 0 Å². The first-order valence-electron chi connectivity index (χ1n) is 6.20. The molecule has 104 valence electrons. The molecule has 2 rings (SSSR count). The third-order valence-corrected chi connectivity index (χ3v) is 3.00. The summed E-state index contributed by atoms with van der Waals surface area (Å²) >= 11 is 0. The molecule has 1 aromatic heterocycles. The van der Waals surface area contributed by atoms with Gasteiger partial charge in [0.2, 0.25) is 0 Å². The number of fused-ring (bicyclic) bond motifs is 1. The van der Waals surface area contributed by atoms with E-state index in [1.54, 1.807) is 6.92 Å². The Hall–Kier alpha value is -1.39. The molecule has 0 unspecified atom stereocenters. The topological polar surface area (TPSA) is 38.1 Å². The molecule has 1 heterocycles. The highest BCUT2D eigenvalue weighted by Crippen LogP contribution is 2.10. The molecular formula is C14H20ClN3O. The Labute approximate surface area is 119 Å². The molecule has 0 amide bonds. The molecule has 19 heavy (non-hydrogen) atoms. The maximum Gasteiger partial charge on any atom is 0.272 e.